The standard InChI is InChI=1S/C18H20ClNO/c1-20-17(12-13-5-2-8-15(19)11-13)16-9-3-6-14-7-4-10-21-18(14)16/h2-3,5-6,8-9,11,17,20H,4,7,10,12H2,1H3. The van der Waals surface area contributed by atoms with E-state index in [0.29, 0.717) is 0 Å². The first-order valence-corrected chi connectivity index (χ1v) is 7.82. The van der Waals surface area contributed by atoms with Gasteiger partial charge >= 0.3 is 0 Å². The highest BCUT2D eigenvalue weighted by Gasteiger charge is 2.20. The Balaban J connectivity index is 1.90. The topological polar surface area (TPSA) is 21.3 Å². The van der Waals surface area contributed by atoms with Crippen molar-refractivity contribution < 1.29 is 4.74 Å². The second-order valence-electron chi connectivity index (χ2n) is 5.46. The third-order valence-electron chi connectivity index (χ3n) is 4.02. The molecule has 1 aliphatic heterocycles. The summed E-state index contributed by atoms with van der Waals surface area (Å²) in [4.78, 5) is 0. The van der Waals surface area contributed by atoms with Gasteiger partial charge in [-0.3, -0.25) is 0 Å². The van der Waals surface area contributed by atoms with E-state index in [0.717, 1.165) is 36.6 Å². The molecule has 1 aliphatic rings. The normalized spacial score (nSPS) is 15.1. The van der Waals surface area contributed by atoms with E-state index in [1.807, 2.05) is 25.2 Å². The third-order valence-corrected chi connectivity index (χ3v) is 4.25. The summed E-state index contributed by atoms with van der Waals surface area (Å²) in [6.07, 6.45) is 3.11. The zero-order chi connectivity index (χ0) is 14.7. The minimum Gasteiger partial charge on any atom is -0.493 e. The second-order valence-corrected chi connectivity index (χ2v) is 5.90. The summed E-state index contributed by atoms with van der Waals surface area (Å²) in [5.74, 6) is 1.07. The summed E-state index contributed by atoms with van der Waals surface area (Å²) in [5, 5.41) is 4.20. The molecular weight excluding hydrogens is 282 g/mol. The number of hydrogen-bond donors (Lipinski definition) is 1. The van der Waals surface area contributed by atoms with Gasteiger partial charge in [0.2, 0.25) is 0 Å². The first-order chi connectivity index (χ1) is 10.3. The molecule has 2 aromatic rings. The predicted octanol–water partition coefficient (Wildman–Crippen LogP) is 4.17. The van der Waals surface area contributed by atoms with Crippen molar-refractivity contribution in [1.82, 2.24) is 5.32 Å². The van der Waals surface area contributed by atoms with Gasteiger partial charge in [0.1, 0.15) is 5.75 Å². The Hall–Kier alpha value is -1.51. The highest BCUT2D eigenvalue weighted by atomic mass is 35.5. The monoisotopic (exact) mass is 301 g/mol. The van der Waals surface area contributed by atoms with E-state index in [1.165, 1.54) is 16.7 Å². The van der Waals surface area contributed by atoms with Crippen LogP contribution in [-0.4, -0.2) is 13.7 Å². The van der Waals surface area contributed by atoms with Crippen molar-refractivity contribution in [2.24, 2.45) is 0 Å². The molecule has 0 radical (unpaired) electrons. The van der Waals surface area contributed by atoms with Crippen LogP contribution in [0.15, 0.2) is 42.5 Å². The number of hydrogen-bond acceptors (Lipinski definition) is 2. The van der Waals surface area contributed by atoms with Crippen LogP contribution in [0.4, 0.5) is 0 Å². The Morgan fingerprint density at radius 1 is 1.24 bits per heavy atom. The van der Waals surface area contributed by atoms with E-state index in [4.69, 9.17) is 16.3 Å². The van der Waals surface area contributed by atoms with Crippen molar-refractivity contribution in [2.45, 2.75) is 25.3 Å². The van der Waals surface area contributed by atoms with Crippen LogP contribution >= 0.6 is 11.6 Å². The smallest absolute Gasteiger partial charge is 0.127 e. The number of rotatable bonds is 4. The van der Waals surface area contributed by atoms with Crippen LogP contribution in [0, 0.1) is 0 Å². The van der Waals surface area contributed by atoms with Gasteiger partial charge in [-0.2, -0.15) is 0 Å². The average Bonchev–Trinajstić information content (AvgIpc) is 2.52. The molecule has 2 nitrogen and oxygen atoms in total. The van der Waals surface area contributed by atoms with Crippen molar-refractivity contribution in [3.05, 3.63) is 64.2 Å². The van der Waals surface area contributed by atoms with E-state index in [2.05, 4.69) is 29.6 Å². The van der Waals surface area contributed by atoms with Crippen LogP contribution in [0.3, 0.4) is 0 Å². The fourth-order valence-corrected chi connectivity index (χ4v) is 3.17. The molecule has 0 bridgehead atoms. The highest BCUT2D eigenvalue weighted by molar-refractivity contribution is 6.30. The fourth-order valence-electron chi connectivity index (χ4n) is 2.96. The Morgan fingerprint density at radius 3 is 2.90 bits per heavy atom. The molecule has 0 spiro atoms. The van der Waals surface area contributed by atoms with E-state index in [1.54, 1.807) is 0 Å². The maximum absolute atomic E-state index is 6.09. The van der Waals surface area contributed by atoms with Gasteiger partial charge < -0.3 is 10.1 Å². The summed E-state index contributed by atoms with van der Waals surface area (Å²) >= 11 is 6.09. The molecule has 1 unspecified atom stereocenters. The van der Waals surface area contributed by atoms with Gasteiger partial charge in [0.05, 0.1) is 6.61 Å². The van der Waals surface area contributed by atoms with Crippen LogP contribution in [0.5, 0.6) is 5.75 Å². The molecule has 2 aromatic carbocycles. The van der Waals surface area contributed by atoms with Gasteiger partial charge in [-0.1, -0.05) is 41.9 Å². The highest BCUT2D eigenvalue weighted by Crippen LogP contribution is 2.34. The number of benzene rings is 2. The van der Waals surface area contributed by atoms with E-state index in [9.17, 15) is 0 Å². The van der Waals surface area contributed by atoms with Crippen LogP contribution in [0.2, 0.25) is 5.02 Å². The number of likely N-dealkylation sites (N-methyl/N-ethyl adjacent to an activating group) is 1. The van der Waals surface area contributed by atoms with Crippen LogP contribution in [0.25, 0.3) is 0 Å². The van der Waals surface area contributed by atoms with Crippen molar-refractivity contribution in [3.63, 3.8) is 0 Å². The number of ether oxygens (including phenoxy) is 1. The molecule has 0 saturated carbocycles. The van der Waals surface area contributed by atoms with Gasteiger partial charge in [0, 0.05) is 16.6 Å². The Kier molecular flexibility index (Phi) is 4.47. The van der Waals surface area contributed by atoms with Gasteiger partial charge in [-0.25, -0.2) is 0 Å². The Bertz CT molecular complexity index is 626. The quantitative estimate of drug-likeness (QED) is 0.915. The molecule has 3 rings (SSSR count). The number of nitrogens with one attached hydrogen (secondary N) is 1. The molecule has 0 aliphatic carbocycles. The lowest BCUT2D eigenvalue weighted by Gasteiger charge is -2.25. The van der Waals surface area contributed by atoms with Gasteiger partial charge in [0.25, 0.3) is 0 Å². The minimum absolute atomic E-state index is 0.233. The largest absolute Gasteiger partial charge is 0.493 e. The molecule has 0 amide bonds. The van der Waals surface area contributed by atoms with Crippen LogP contribution in [-0.2, 0) is 12.8 Å². The average molecular weight is 302 g/mol. The molecule has 1 N–H and O–H groups in total. The fraction of sp³-hybridized carbons (Fsp3) is 0.333. The molecule has 21 heavy (non-hydrogen) atoms. The van der Waals surface area contributed by atoms with E-state index in [-0.39, 0.29) is 6.04 Å². The summed E-state index contributed by atoms with van der Waals surface area (Å²) in [5.41, 5.74) is 3.80. The lowest BCUT2D eigenvalue weighted by atomic mass is 9.94. The molecule has 1 heterocycles. The van der Waals surface area contributed by atoms with Crippen LogP contribution in [0.1, 0.15) is 29.2 Å². The van der Waals surface area contributed by atoms with Crippen LogP contribution < -0.4 is 10.1 Å². The van der Waals surface area contributed by atoms with E-state index >= 15 is 0 Å². The van der Waals surface area contributed by atoms with Gasteiger partial charge in [0.15, 0.2) is 0 Å². The van der Waals surface area contributed by atoms with Crippen molar-refractivity contribution in [1.29, 1.82) is 0 Å². The molecular formula is C18H20ClNO. The van der Waals surface area contributed by atoms with Crippen molar-refractivity contribution >= 4 is 11.6 Å². The van der Waals surface area contributed by atoms with Crippen molar-refractivity contribution in [2.75, 3.05) is 13.7 Å². The molecule has 110 valence electrons. The molecule has 0 saturated heterocycles. The molecule has 1 atom stereocenters. The van der Waals surface area contributed by atoms with Gasteiger partial charge in [-0.05, 0) is 49.6 Å². The second kappa shape index (κ2) is 6.50. The maximum atomic E-state index is 6.09. The Morgan fingerprint density at radius 2 is 2.10 bits per heavy atom. The SMILES string of the molecule is CNC(Cc1cccc(Cl)c1)c1cccc2c1OCCC2. The number of fused-ring (bicyclic) bond motifs is 1. The zero-order valence-electron chi connectivity index (χ0n) is 12.2. The summed E-state index contributed by atoms with van der Waals surface area (Å²) in [7, 11) is 2.00. The lowest BCUT2D eigenvalue weighted by Crippen LogP contribution is -2.21. The summed E-state index contributed by atoms with van der Waals surface area (Å²) in [6.45, 7) is 0.817. The third kappa shape index (κ3) is 3.22. The molecule has 3 heteroatoms. The van der Waals surface area contributed by atoms with Gasteiger partial charge in [-0.15, -0.1) is 0 Å². The Labute approximate surface area is 131 Å². The number of para-hydroxylation sites is 1. The summed E-state index contributed by atoms with van der Waals surface area (Å²) in [6, 6.07) is 14.8. The number of aryl methyl sites for hydroxylation is 1. The minimum atomic E-state index is 0.233. The molecule has 0 aromatic heterocycles. The van der Waals surface area contributed by atoms with Crippen molar-refractivity contribution in [3.8, 4) is 5.75 Å². The molecule has 0 fully saturated rings. The number of halogens is 1. The first-order valence-electron chi connectivity index (χ1n) is 7.44. The summed E-state index contributed by atoms with van der Waals surface area (Å²) < 4.78 is 5.93. The zero-order valence-corrected chi connectivity index (χ0v) is 13.0. The predicted molar refractivity (Wildman–Crippen MR) is 87.2 cm³/mol. The maximum Gasteiger partial charge on any atom is 0.127 e. The van der Waals surface area contributed by atoms with E-state index < -0.39 is 0 Å². The lowest BCUT2D eigenvalue weighted by molar-refractivity contribution is 0.282. The first kappa shape index (κ1) is 14.4.